The normalized spacial score (nSPS) is 20.1. The van der Waals surface area contributed by atoms with E-state index in [1.807, 2.05) is 6.92 Å². The van der Waals surface area contributed by atoms with Crippen LogP contribution in [0.1, 0.15) is 39.5 Å². The minimum Gasteiger partial charge on any atom is -0.378 e. The van der Waals surface area contributed by atoms with Crippen molar-refractivity contribution in [1.82, 2.24) is 5.32 Å². The zero-order valence-corrected chi connectivity index (χ0v) is 9.18. The number of nitrogens with one attached hydrogen (secondary N) is 1. The predicted molar refractivity (Wildman–Crippen MR) is 55.9 cm³/mol. The molecular formula is C11H20N2O. The summed E-state index contributed by atoms with van der Waals surface area (Å²) in [5.74, 6) is 0. The van der Waals surface area contributed by atoms with Crippen molar-refractivity contribution < 1.29 is 4.74 Å². The van der Waals surface area contributed by atoms with Crippen LogP contribution in [0.25, 0.3) is 0 Å². The first kappa shape index (κ1) is 11.5. The molecule has 0 heterocycles. The highest BCUT2D eigenvalue weighted by atomic mass is 16.5. The molecule has 1 rings (SSSR count). The Balaban J connectivity index is 2.18. The van der Waals surface area contributed by atoms with Gasteiger partial charge in [-0.1, -0.05) is 13.3 Å². The van der Waals surface area contributed by atoms with Gasteiger partial charge in [-0.15, -0.1) is 0 Å². The average Bonchev–Trinajstić information content (AvgIpc) is 2.96. The fourth-order valence-electron chi connectivity index (χ4n) is 1.31. The third-order valence-corrected chi connectivity index (χ3v) is 2.38. The third kappa shape index (κ3) is 4.08. The number of nitrogens with zero attached hydrogens (tertiary/aromatic N) is 1. The number of rotatable bonds is 7. The number of hydrogen-bond donors (Lipinski definition) is 1. The van der Waals surface area contributed by atoms with E-state index >= 15 is 0 Å². The van der Waals surface area contributed by atoms with E-state index in [0.717, 1.165) is 19.4 Å². The van der Waals surface area contributed by atoms with E-state index in [1.54, 1.807) is 0 Å². The van der Waals surface area contributed by atoms with Crippen molar-refractivity contribution in [2.45, 2.75) is 51.1 Å². The molecular weight excluding hydrogens is 176 g/mol. The van der Waals surface area contributed by atoms with Crippen LogP contribution in [0.15, 0.2) is 0 Å². The van der Waals surface area contributed by atoms with Crippen LogP contribution in [0.5, 0.6) is 0 Å². The maximum Gasteiger partial charge on any atom is 0.127 e. The molecule has 1 saturated carbocycles. The summed E-state index contributed by atoms with van der Waals surface area (Å²) in [6, 6.07) is 2.84. The largest absolute Gasteiger partial charge is 0.378 e. The van der Waals surface area contributed by atoms with E-state index in [1.165, 1.54) is 12.8 Å². The molecule has 1 unspecified atom stereocenters. The molecule has 1 fully saturated rings. The quantitative estimate of drug-likeness (QED) is 0.632. The Bertz CT molecular complexity index is 208. The first-order valence-corrected chi connectivity index (χ1v) is 5.47. The molecule has 0 aromatic carbocycles. The zero-order chi connectivity index (χ0) is 10.4. The summed E-state index contributed by atoms with van der Waals surface area (Å²) >= 11 is 0. The number of ether oxygens (including phenoxy) is 1. The number of unbranched alkanes of at least 4 members (excludes halogenated alkanes) is 1. The second-order valence-electron chi connectivity index (χ2n) is 4.27. The highest BCUT2D eigenvalue weighted by Gasteiger charge is 2.32. The Hall–Kier alpha value is -0.590. The topological polar surface area (TPSA) is 45.0 Å². The molecule has 0 aromatic rings. The van der Waals surface area contributed by atoms with Crippen LogP contribution < -0.4 is 5.32 Å². The maximum atomic E-state index is 9.03. The van der Waals surface area contributed by atoms with Crippen molar-refractivity contribution in [3.63, 3.8) is 0 Å². The summed E-state index contributed by atoms with van der Waals surface area (Å²) in [5.41, 5.74) is -0.491. The average molecular weight is 196 g/mol. The van der Waals surface area contributed by atoms with Gasteiger partial charge in [-0.3, -0.25) is 5.32 Å². The van der Waals surface area contributed by atoms with E-state index in [9.17, 15) is 0 Å². The molecule has 1 aliphatic carbocycles. The highest BCUT2D eigenvalue weighted by Crippen LogP contribution is 2.22. The summed E-state index contributed by atoms with van der Waals surface area (Å²) in [6.07, 6.45) is 4.61. The molecule has 0 amide bonds. The first-order valence-electron chi connectivity index (χ1n) is 5.47. The molecule has 1 N–H and O–H groups in total. The van der Waals surface area contributed by atoms with E-state index in [4.69, 9.17) is 10.00 Å². The lowest BCUT2D eigenvalue weighted by atomic mass is 10.1. The standard InChI is InChI=1S/C11H20N2O/c1-3-4-7-14-9-11(2,8-12)13-10-5-6-10/h10,13H,3-7,9H2,1-2H3. The fourth-order valence-corrected chi connectivity index (χ4v) is 1.31. The lowest BCUT2D eigenvalue weighted by Gasteiger charge is -2.22. The van der Waals surface area contributed by atoms with Gasteiger partial charge in [-0.25, -0.2) is 0 Å². The van der Waals surface area contributed by atoms with Crippen molar-refractivity contribution in [2.24, 2.45) is 0 Å². The van der Waals surface area contributed by atoms with E-state index in [2.05, 4.69) is 18.3 Å². The lowest BCUT2D eigenvalue weighted by molar-refractivity contribution is 0.0925. The Labute approximate surface area is 86.4 Å². The zero-order valence-electron chi connectivity index (χ0n) is 9.18. The Morgan fingerprint density at radius 1 is 1.57 bits per heavy atom. The lowest BCUT2D eigenvalue weighted by Crippen LogP contribution is -2.46. The minimum atomic E-state index is -0.491. The van der Waals surface area contributed by atoms with Crippen LogP contribution in [0, 0.1) is 11.3 Å². The van der Waals surface area contributed by atoms with Crippen LogP contribution in [-0.4, -0.2) is 24.8 Å². The summed E-state index contributed by atoms with van der Waals surface area (Å²) in [6.45, 7) is 5.31. The Kier molecular flexibility index (Phi) is 4.37. The molecule has 3 heteroatoms. The maximum absolute atomic E-state index is 9.03. The molecule has 80 valence electrons. The van der Waals surface area contributed by atoms with Crippen LogP contribution in [0.4, 0.5) is 0 Å². The SMILES string of the molecule is CCCCOCC(C)(C#N)NC1CC1. The Morgan fingerprint density at radius 3 is 2.79 bits per heavy atom. The molecule has 0 aliphatic heterocycles. The van der Waals surface area contributed by atoms with Crippen molar-refractivity contribution in [2.75, 3.05) is 13.2 Å². The van der Waals surface area contributed by atoms with Gasteiger partial charge < -0.3 is 4.74 Å². The van der Waals surface area contributed by atoms with Gasteiger partial charge in [0.1, 0.15) is 5.54 Å². The van der Waals surface area contributed by atoms with Crippen LogP contribution in [0.2, 0.25) is 0 Å². The second kappa shape index (κ2) is 5.33. The van der Waals surface area contributed by atoms with Gasteiger partial charge in [0.2, 0.25) is 0 Å². The highest BCUT2D eigenvalue weighted by molar-refractivity contribution is 5.07. The van der Waals surface area contributed by atoms with Gasteiger partial charge in [0, 0.05) is 12.6 Å². The van der Waals surface area contributed by atoms with E-state index in [0.29, 0.717) is 12.6 Å². The predicted octanol–water partition coefficient (Wildman–Crippen LogP) is 1.84. The first-order chi connectivity index (χ1) is 6.70. The van der Waals surface area contributed by atoms with Gasteiger partial charge in [0.05, 0.1) is 12.7 Å². The van der Waals surface area contributed by atoms with Crippen molar-refractivity contribution in [1.29, 1.82) is 5.26 Å². The molecule has 3 nitrogen and oxygen atoms in total. The van der Waals surface area contributed by atoms with Gasteiger partial charge in [0.25, 0.3) is 0 Å². The molecule has 14 heavy (non-hydrogen) atoms. The van der Waals surface area contributed by atoms with E-state index < -0.39 is 5.54 Å². The van der Waals surface area contributed by atoms with Crippen LogP contribution in [-0.2, 0) is 4.74 Å². The second-order valence-corrected chi connectivity index (χ2v) is 4.27. The molecule has 0 radical (unpaired) electrons. The summed E-state index contributed by atoms with van der Waals surface area (Å²) in [5, 5.41) is 12.3. The van der Waals surface area contributed by atoms with Crippen LogP contribution in [0.3, 0.4) is 0 Å². The monoisotopic (exact) mass is 196 g/mol. The van der Waals surface area contributed by atoms with Crippen molar-refractivity contribution in [3.05, 3.63) is 0 Å². The van der Waals surface area contributed by atoms with Crippen molar-refractivity contribution in [3.8, 4) is 6.07 Å². The van der Waals surface area contributed by atoms with Gasteiger partial charge in [-0.2, -0.15) is 5.26 Å². The summed E-state index contributed by atoms with van der Waals surface area (Å²) in [7, 11) is 0. The third-order valence-electron chi connectivity index (χ3n) is 2.38. The molecule has 0 aromatic heterocycles. The van der Waals surface area contributed by atoms with Gasteiger partial charge in [0.15, 0.2) is 0 Å². The summed E-state index contributed by atoms with van der Waals surface area (Å²) < 4.78 is 5.47. The minimum absolute atomic E-state index is 0.491. The summed E-state index contributed by atoms with van der Waals surface area (Å²) in [4.78, 5) is 0. The molecule has 0 bridgehead atoms. The molecule has 0 spiro atoms. The van der Waals surface area contributed by atoms with Gasteiger partial charge >= 0.3 is 0 Å². The molecule has 0 saturated heterocycles. The smallest absolute Gasteiger partial charge is 0.127 e. The number of hydrogen-bond acceptors (Lipinski definition) is 3. The van der Waals surface area contributed by atoms with Crippen molar-refractivity contribution >= 4 is 0 Å². The molecule has 1 aliphatic rings. The molecule has 1 atom stereocenters. The fraction of sp³-hybridized carbons (Fsp3) is 0.909. The Morgan fingerprint density at radius 2 is 2.29 bits per heavy atom. The number of nitriles is 1. The van der Waals surface area contributed by atoms with E-state index in [-0.39, 0.29) is 0 Å². The van der Waals surface area contributed by atoms with Crippen LogP contribution >= 0.6 is 0 Å². The van der Waals surface area contributed by atoms with Gasteiger partial charge in [-0.05, 0) is 26.2 Å².